The van der Waals surface area contributed by atoms with Gasteiger partial charge in [0.15, 0.2) is 0 Å². The van der Waals surface area contributed by atoms with Gasteiger partial charge in [-0.3, -0.25) is 0 Å². The van der Waals surface area contributed by atoms with E-state index >= 15 is 0 Å². The molecule has 0 fully saturated rings. The molecule has 0 N–H and O–H groups in total. The zero-order valence-corrected chi connectivity index (χ0v) is 24.2. The van der Waals surface area contributed by atoms with Gasteiger partial charge in [-0.25, -0.2) is 0 Å². The van der Waals surface area contributed by atoms with E-state index in [-0.39, 0.29) is 0 Å². The number of benzene rings is 9. The summed E-state index contributed by atoms with van der Waals surface area (Å²) in [4.78, 5) is 0. The zero-order valence-electron chi connectivity index (χ0n) is 24.2. The van der Waals surface area contributed by atoms with Crippen molar-refractivity contribution in [1.82, 2.24) is 0 Å². The molecule has 9 aromatic carbocycles. The number of hydrogen-bond donors (Lipinski definition) is 0. The van der Waals surface area contributed by atoms with Crippen LogP contribution in [-0.4, -0.2) is 0 Å². The monoisotopic (exact) mass is 556 g/mol. The van der Waals surface area contributed by atoms with Crippen LogP contribution >= 0.6 is 0 Å². The second-order valence-electron chi connectivity index (χ2n) is 11.7. The molecule has 9 aromatic rings. The van der Waals surface area contributed by atoms with Crippen molar-refractivity contribution in [1.29, 1.82) is 0 Å². The molecule has 0 aliphatic rings. The maximum Gasteiger partial charge on any atom is -0.00137 e. The van der Waals surface area contributed by atoms with Crippen LogP contribution in [-0.2, 0) is 0 Å². The molecule has 0 amide bonds. The van der Waals surface area contributed by atoms with E-state index in [1.54, 1.807) is 0 Å². The molecular weight excluding hydrogens is 528 g/mol. The Morgan fingerprint density at radius 1 is 0.182 bits per heavy atom. The van der Waals surface area contributed by atoms with Gasteiger partial charge in [-0.2, -0.15) is 0 Å². The standard InChI is InChI=1S/C44H28/c1-3-12-29(13-4-1)31-16-11-17-32(26-31)34-23-25-38-37-24-22-33(30-14-5-2-6-15-30)27-41(37)43-39-20-9-7-18-35(39)36-19-8-10-21-40(36)44(43)42(38)28-34/h1-28H. The molecule has 0 saturated carbocycles. The van der Waals surface area contributed by atoms with Gasteiger partial charge in [0.1, 0.15) is 0 Å². The molecule has 0 unspecified atom stereocenters. The summed E-state index contributed by atoms with van der Waals surface area (Å²) in [6.07, 6.45) is 0. The fourth-order valence-corrected chi connectivity index (χ4v) is 7.17. The van der Waals surface area contributed by atoms with Crippen LogP contribution in [0.2, 0.25) is 0 Å². The molecule has 0 heteroatoms. The summed E-state index contributed by atoms with van der Waals surface area (Å²) in [6, 6.07) is 62.2. The maximum atomic E-state index is 2.42. The Morgan fingerprint density at radius 2 is 0.523 bits per heavy atom. The minimum absolute atomic E-state index is 1.23. The smallest absolute Gasteiger partial charge is 0.00137 e. The van der Waals surface area contributed by atoms with Crippen molar-refractivity contribution in [2.75, 3.05) is 0 Å². The lowest BCUT2D eigenvalue weighted by atomic mass is 9.85. The molecule has 0 radical (unpaired) electrons. The van der Waals surface area contributed by atoms with E-state index in [0.717, 1.165) is 0 Å². The van der Waals surface area contributed by atoms with Crippen molar-refractivity contribution in [3.63, 3.8) is 0 Å². The molecule has 0 aliphatic heterocycles. The van der Waals surface area contributed by atoms with E-state index in [9.17, 15) is 0 Å². The molecule has 0 spiro atoms. The Kier molecular flexibility index (Phi) is 5.61. The molecule has 204 valence electrons. The van der Waals surface area contributed by atoms with E-state index in [2.05, 4.69) is 170 Å². The van der Waals surface area contributed by atoms with Crippen LogP contribution in [0.5, 0.6) is 0 Å². The summed E-state index contributed by atoms with van der Waals surface area (Å²) in [5.41, 5.74) is 7.40. The van der Waals surface area contributed by atoms with E-state index in [1.807, 2.05) is 0 Å². The Morgan fingerprint density at radius 3 is 1.02 bits per heavy atom. The van der Waals surface area contributed by atoms with Gasteiger partial charge in [0.25, 0.3) is 0 Å². The third-order valence-corrected chi connectivity index (χ3v) is 9.21. The largest absolute Gasteiger partial charge is 0.0622 e. The second-order valence-corrected chi connectivity index (χ2v) is 11.7. The molecular formula is C44H28. The molecule has 0 saturated heterocycles. The molecule has 44 heavy (non-hydrogen) atoms. The summed E-state index contributed by atoms with van der Waals surface area (Å²) < 4.78 is 0. The fourth-order valence-electron chi connectivity index (χ4n) is 7.17. The van der Waals surface area contributed by atoms with Crippen LogP contribution in [0, 0.1) is 0 Å². The molecule has 0 aromatic heterocycles. The Balaban J connectivity index is 1.42. The molecule has 0 heterocycles. The summed E-state index contributed by atoms with van der Waals surface area (Å²) >= 11 is 0. The van der Waals surface area contributed by atoms with Gasteiger partial charge >= 0.3 is 0 Å². The highest BCUT2D eigenvalue weighted by Crippen LogP contribution is 2.45. The Hall–Kier alpha value is -5.72. The maximum absolute atomic E-state index is 2.42. The van der Waals surface area contributed by atoms with Crippen molar-refractivity contribution in [2.24, 2.45) is 0 Å². The van der Waals surface area contributed by atoms with E-state index in [1.165, 1.54) is 87.2 Å². The van der Waals surface area contributed by atoms with E-state index in [0.29, 0.717) is 0 Å². The summed E-state index contributed by atoms with van der Waals surface area (Å²) in [5, 5.41) is 13.0. The molecule has 0 bridgehead atoms. The van der Waals surface area contributed by atoms with E-state index in [4.69, 9.17) is 0 Å². The van der Waals surface area contributed by atoms with Crippen LogP contribution in [0.15, 0.2) is 170 Å². The summed E-state index contributed by atoms with van der Waals surface area (Å²) in [5.74, 6) is 0. The van der Waals surface area contributed by atoms with E-state index < -0.39 is 0 Å². The highest BCUT2D eigenvalue weighted by Gasteiger charge is 2.17. The number of hydrogen-bond acceptors (Lipinski definition) is 0. The second kappa shape index (κ2) is 9.93. The lowest BCUT2D eigenvalue weighted by Gasteiger charge is -2.18. The molecule has 0 nitrogen and oxygen atoms in total. The van der Waals surface area contributed by atoms with Gasteiger partial charge < -0.3 is 0 Å². The lowest BCUT2D eigenvalue weighted by molar-refractivity contribution is 1.60. The highest BCUT2D eigenvalue weighted by atomic mass is 14.2. The third kappa shape index (κ3) is 3.85. The zero-order chi connectivity index (χ0) is 29.0. The summed E-state index contributed by atoms with van der Waals surface area (Å²) in [7, 11) is 0. The van der Waals surface area contributed by atoms with Gasteiger partial charge in [0.05, 0.1) is 0 Å². The van der Waals surface area contributed by atoms with Crippen LogP contribution < -0.4 is 0 Å². The van der Waals surface area contributed by atoms with Gasteiger partial charge in [0, 0.05) is 0 Å². The first kappa shape index (κ1) is 24.8. The summed E-state index contributed by atoms with van der Waals surface area (Å²) in [6.45, 7) is 0. The molecule has 0 aliphatic carbocycles. The molecule has 9 rings (SSSR count). The van der Waals surface area contributed by atoms with Gasteiger partial charge in [-0.15, -0.1) is 0 Å². The third-order valence-electron chi connectivity index (χ3n) is 9.21. The predicted molar refractivity (Wildman–Crippen MR) is 190 cm³/mol. The number of fused-ring (bicyclic) bond motifs is 11. The Labute approximate surface area is 256 Å². The Bertz CT molecular complexity index is 2520. The van der Waals surface area contributed by atoms with Crippen molar-refractivity contribution in [3.05, 3.63) is 170 Å². The van der Waals surface area contributed by atoms with Crippen molar-refractivity contribution in [2.45, 2.75) is 0 Å². The first-order valence-electron chi connectivity index (χ1n) is 15.3. The highest BCUT2D eigenvalue weighted by molar-refractivity contribution is 6.39. The van der Waals surface area contributed by atoms with Crippen molar-refractivity contribution in [3.8, 4) is 33.4 Å². The number of rotatable bonds is 3. The average Bonchev–Trinajstić information content (AvgIpc) is 3.11. The van der Waals surface area contributed by atoms with Crippen LogP contribution in [0.4, 0.5) is 0 Å². The van der Waals surface area contributed by atoms with Crippen molar-refractivity contribution < 1.29 is 0 Å². The van der Waals surface area contributed by atoms with Gasteiger partial charge in [-0.1, -0.05) is 152 Å². The van der Waals surface area contributed by atoms with Gasteiger partial charge in [-0.05, 0) is 105 Å². The molecule has 0 atom stereocenters. The quantitative estimate of drug-likeness (QED) is 0.190. The SMILES string of the molecule is c1ccc(-c2cccc(-c3ccc4c5ccc(-c6ccccc6)cc5c5c6ccccc6c6ccccc6c5c4c3)c2)cc1. The van der Waals surface area contributed by atoms with Crippen LogP contribution in [0.3, 0.4) is 0 Å². The lowest BCUT2D eigenvalue weighted by Crippen LogP contribution is -1.90. The normalized spacial score (nSPS) is 11.6. The van der Waals surface area contributed by atoms with Gasteiger partial charge in [0.2, 0.25) is 0 Å². The van der Waals surface area contributed by atoms with Crippen molar-refractivity contribution >= 4 is 53.9 Å². The minimum atomic E-state index is 1.23. The first-order valence-corrected chi connectivity index (χ1v) is 15.3. The van der Waals surface area contributed by atoms with Crippen LogP contribution in [0.1, 0.15) is 0 Å². The predicted octanol–water partition coefficient (Wildman–Crippen LogP) is 12.5. The van der Waals surface area contributed by atoms with Crippen LogP contribution in [0.25, 0.3) is 87.2 Å². The average molecular weight is 557 g/mol. The minimum Gasteiger partial charge on any atom is -0.0622 e. The first-order chi connectivity index (χ1) is 21.8. The fraction of sp³-hybridized carbons (Fsp3) is 0. The topological polar surface area (TPSA) is 0 Å².